The number of halogens is 1. The number of aromatic hydroxyl groups is 1. The highest BCUT2D eigenvalue weighted by atomic mass is 79.9. The molecule has 31 heavy (non-hydrogen) atoms. The normalized spacial score (nSPS) is 19.6. The minimum Gasteiger partial charge on any atom is -0.507 e. The summed E-state index contributed by atoms with van der Waals surface area (Å²) in [5.41, 5.74) is 4.29. The van der Waals surface area contributed by atoms with Crippen LogP contribution in [-0.2, 0) is 4.79 Å². The van der Waals surface area contributed by atoms with E-state index in [1.54, 1.807) is 19.2 Å². The van der Waals surface area contributed by atoms with Crippen molar-refractivity contribution in [3.05, 3.63) is 69.7 Å². The van der Waals surface area contributed by atoms with Gasteiger partial charge in [0.2, 0.25) is 0 Å². The number of fused-ring (bicyclic) bond motifs is 5. The number of methoxy groups -OCH3 is 1. The van der Waals surface area contributed by atoms with Crippen LogP contribution in [0.25, 0.3) is 16.5 Å². The summed E-state index contributed by atoms with van der Waals surface area (Å²) in [5.74, 6) is 0.825. The van der Waals surface area contributed by atoms with Crippen LogP contribution in [0.2, 0.25) is 0 Å². The molecule has 1 fully saturated rings. The number of nitrogens with one attached hydrogen (secondary N) is 1. The standard InChI is InChI=1S/C26H24BrNO3/c1-26(2)12-17-23-15-7-5-4-6-14(15)8-9-19(23)28-25(24(17)21(30)13-26)16-10-20(29)18(27)11-22(16)31-3/h4-11,17,28-29H,12-13H2,1-3H3. The summed E-state index contributed by atoms with van der Waals surface area (Å²) in [6, 6.07) is 15.9. The average Bonchev–Trinajstić information content (AvgIpc) is 2.73. The van der Waals surface area contributed by atoms with E-state index in [4.69, 9.17) is 4.74 Å². The molecule has 3 aromatic rings. The molecule has 1 aliphatic heterocycles. The molecule has 2 aliphatic rings. The lowest BCUT2D eigenvalue weighted by Crippen LogP contribution is -2.34. The van der Waals surface area contributed by atoms with Gasteiger partial charge in [-0.05, 0) is 62.3 Å². The molecule has 5 rings (SSSR count). The van der Waals surface area contributed by atoms with Crippen LogP contribution in [0, 0.1) is 5.41 Å². The predicted octanol–water partition coefficient (Wildman–Crippen LogP) is 6.63. The number of ether oxygens (including phenoxy) is 1. The zero-order valence-corrected chi connectivity index (χ0v) is 19.3. The smallest absolute Gasteiger partial charge is 0.162 e. The van der Waals surface area contributed by atoms with E-state index < -0.39 is 0 Å². The Labute approximate surface area is 190 Å². The van der Waals surface area contributed by atoms with E-state index in [1.165, 1.54) is 16.3 Å². The van der Waals surface area contributed by atoms with Gasteiger partial charge in [0.25, 0.3) is 0 Å². The van der Waals surface area contributed by atoms with Crippen molar-refractivity contribution in [3.63, 3.8) is 0 Å². The monoisotopic (exact) mass is 477 g/mol. The molecule has 1 aliphatic carbocycles. The number of allylic oxidation sites excluding steroid dienone is 1. The van der Waals surface area contributed by atoms with Gasteiger partial charge in [0.05, 0.1) is 17.3 Å². The number of hydrogen-bond acceptors (Lipinski definition) is 4. The third kappa shape index (κ3) is 3.23. The lowest BCUT2D eigenvalue weighted by atomic mass is 9.64. The van der Waals surface area contributed by atoms with Crippen LogP contribution in [0.1, 0.15) is 43.7 Å². The van der Waals surface area contributed by atoms with Crippen LogP contribution in [0.3, 0.4) is 0 Å². The second-order valence-electron chi connectivity index (χ2n) is 9.19. The minimum absolute atomic E-state index is 0.0240. The van der Waals surface area contributed by atoms with E-state index in [0.717, 1.165) is 23.4 Å². The van der Waals surface area contributed by atoms with Gasteiger partial charge in [0.15, 0.2) is 5.78 Å². The lowest BCUT2D eigenvalue weighted by molar-refractivity contribution is -0.119. The Morgan fingerprint density at radius 3 is 2.71 bits per heavy atom. The van der Waals surface area contributed by atoms with Gasteiger partial charge in [-0.1, -0.05) is 44.2 Å². The molecule has 0 aromatic heterocycles. The number of benzene rings is 3. The maximum Gasteiger partial charge on any atom is 0.162 e. The van der Waals surface area contributed by atoms with E-state index in [-0.39, 0.29) is 22.9 Å². The Morgan fingerprint density at radius 2 is 1.94 bits per heavy atom. The van der Waals surface area contributed by atoms with Crippen molar-refractivity contribution in [3.8, 4) is 11.5 Å². The molecule has 0 saturated heterocycles. The first-order valence-electron chi connectivity index (χ1n) is 10.4. The molecule has 1 atom stereocenters. The highest BCUT2D eigenvalue weighted by molar-refractivity contribution is 9.10. The van der Waals surface area contributed by atoms with Gasteiger partial charge in [-0.2, -0.15) is 0 Å². The summed E-state index contributed by atoms with van der Waals surface area (Å²) in [7, 11) is 1.60. The first-order chi connectivity index (χ1) is 14.8. The molecule has 5 heteroatoms. The zero-order valence-electron chi connectivity index (χ0n) is 17.8. The SMILES string of the molecule is COc1cc(Br)c(O)cc1C1=C2C(=O)CC(C)(C)CC2c2c(ccc3ccccc23)N1. The Morgan fingerprint density at radius 1 is 1.16 bits per heavy atom. The lowest BCUT2D eigenvalue weighted by Gasteiger charge is -2.41. The van der Waals surface area contributed by atoms with Crippen LogP contribution in [0.5, 0.6) is 11.5 Å². The summed E-state index contributed by atoms with van der Waals surface area (Å²) >= 11 is 3.36. The third-order valence-electron chi connectivity index (χ3n) is 6.43. The molecular formula is C26H24BrNO3. The van der Waals surface area contributed by atoms with Crippen LogP contribution in [0.15, 0.2) is 58.6 Å². The van der Waals surface area contributed by atoms with Crippen LogP contribution < -0.4 is 10.1 Å². The van der Waals surface area contributed by atoms with Gasteiger partial charge in [-0.15, -0.1) is 0 Å². The molecule has 3 aromatic carbocycles. The molecule has 2 N–H and O–H groups in total. The molecular weight excluding hydrogens is 454 g/mol. The summed E-state index contributed by atoms with van der Waals surface area (Å²) in [6.07, 6.45) is 1.38. The molecule has 1 saturated carbocycles. The molecule has 158 valence electrons. The van der Waals surface area contributed by atoms with Crippen molar-refractivity contribution < 1.29 is 14.6 Å². The van der Waals surface area contributed by atoms with Crippen LogP contribution >= 0.6 is 15.9 Å². The maximum atomic E-state index is 13.5. The van der Waals surface area contributed by atoms with E-state index in [0.29, 0.717) is 22.2 Å². The number of anilines is 1. The number of Topliss-reactive ketones (excluding diaryl/α,β-unsaturated/α-hetero) is 1. The van der Waals surface area contributed by atoms with Crippen molar-refractivity contribution >= 4 is 43.9 Å². The predicted molar refractivity (Wildman–Crippen MR) is 128 cm³/mol. The van der Waals surface area contributed by atoms with E-state index in [9.17, 15) is 9.90 Å². The fourth-order valence-electron chi connectivity index (χ4n) is 5.11. The summed E-state index contributed by atoms with van der Waals surface area (Å²) < 4.78 is 6.17. The number of phenols is 1. The van der Waals surface area contributed by atoms with E-state index >= 15 is 0 Å². The fourth-order valence-corrected chi connectivity index (χ4v) is 5.44. The van der Waals surface area contributed by atoms with Gasteiger partial charge in [0.1, 0.15) is 11.5 Å². The second-order valence-corrected chi connectivity index (χ2v) is 10.0. The van der Waals surface area contributed by atoms with Crippen molar-refractivity contribution in [2.24, 2.45) is 5.41 Å². The van der Waals surface area contributed by atoms with Gasteiger partial charge in [-0.25, -0.2) is 0 Å². The van der Waals surface area contributed by atoms with Gasteiger partial charge in [-0.3, -0.25) is 4.79 Å². The second kappa shape index (κ2) is 7.13. The van der Waals surface area contributed by atoms with Crippen molar-refractivity contribution in [2.75, 3.05) is 12.4 Å². The van der Waals surface area contributed by atoms with E-state index in [1.807, 2.05) is 12.1 Å². The van der Waals surface area contributed by atoms with Gasteiger partial charge in [0, 0.05) is 29.2 Å². The van der Waals surface area contributed by atoms with Gasteiger partial charge < -0.3 is 15.2 Å². The molecule has 1 unspecified atom stereocenters. The topological polar surface area (TPSA) is 58.6 Å². The molecule has 0 spiro atoms. The number of rotatable bonds is 2. The average molecular weight is 478 g/mol. The molecule has 0 amide bonds. The third-order valence-corrected chi connectivity index (χ3v) is 7.07. The summed E-state index contributed by atoms with van der Waals surface area (Å²) in [6.45, 7) is 4.33. The minimum atomic E-state index is -0.0894. The number of phenolic OH excluding ortho intramolecular Hbond substituents is 1. The van der Waals surface area contributed by atoms with Crippen molar-refractivity contribution in [2.45, 2.75) is 32.6 Å². The summed E-state index contributed by atoms with van der Waals surface area (Å²) in [5, 5.41) is 16.3. The Kier molecular flexibility index (Phi) is 4.63. The summed E-state index contributed by atoms with van der Waals surface area (Å²) in [4.78, 5) is 13.5. The van der Waals surface area contributed by atoms with Crippen LogP contribution in [-0.4, -0.2) is 18.0 Å². The zero-order chi connectivity index (χ0) is 21.9. The number of carbonyl (C=O) groups excluding carboxylic acids is 1. The number of ketones is 1. The molecule has 1 heterocycles. The largest absolute Gasteiger partial charge is 0.507 e. The Balaban J connectivity index is 1.81. The first-order valence-corrected chi connectivity index (χ1v) is 11.2. The first kappa shape index (κ1) is 20.1. The van der Waals surface area contributed by atoms with Gasteiger partial charge >= 0.3 is 0 Å². The van der Waals surface area contributed by atoms with E-state index in [2.05, 4.69) is 59.4 Å². The van der Waals surface area contributed by atoms with Crippen molar-refractivity contribution in [1.82, 2.24) is 0 Å². The molecule has 0 bridgehead atoms. The maximum absolute atomic E-state index is 13.5. The van der Waals surface area contributed by atoms with Crippen LogP contribution in [0.4, 0.5) is 5.69 Å². The fraction of sp³-hybridized carbons (Fsp3) is 0.269. The number of hydrogen-bond donors (Lipinski definition) is 2. The highest BCUT2D eigenvalue weighted by Crippen LogP contribution is 2.54. The quantitative estimate of drug-likeness (QED) is 0.434. The molecule has 0 radical (unpaired) electrons. The molecule has 4 nitrogen and oxygen atoms in total. The number of carbonyl (C=O) groups is 1. The van der Waals surface area contributed by atoms with Crippen molar-refractivity contribution in [1.29, 1.82) is 0 Å². The Hall–Kier alpha value is -2.79. The highest BCUT2D eigenvalue weighted by Gasteiger charge is 2.43. The Bertz CT molecular complexity index is 1280.